The molecule has 3 N–H and O–H groups in total. The number of carbonyl (C=O) groups excluding carboxylic acids is 1. The molecule has 0 aliphatic rings. The highest BCUT2D eigenvalue weighted by Crippen LogP contribution is 2.33. The van der Waals surface area contributed by atoms with Crippen LogP contribution in [0.5, 0.6) is 11.5 Å². The van der Waals surface area contributed by atoms with E-state index in [9.17, 15) is 4.79 Å². The molecule has 0 atom stereocenters. The van der Waals surface area contributed by atoms with Crippen LogP contribution in [-0.2, 0) is 0 Å². The molecule has 8 nitrogen and oxygen atoms in total. The van der Waals surface area contributed by atoms with E-state index in [1.54, 1.807) is 37.2 Å². The maximum Gasteiger partial charge on any atom is 0.273 e. The first-order chi connectivity index (χ1) is 14.9. The first kappa shape index (κ1) is 22.1. The number of carbonyl (C=O) groups is 1. The number of para-hydroxylation sites is 1. The molecule has 0 aliphatic heterocycles. The van der Waals surface area contributed by atoms with E-state index in [2.05, 4.69) is 21.3 Å². The zero-order valence-electron chi connectivity index (χ0n) is 17.8. The van der Waals surface area contributed by atoms with Gasteiger partial charge in [0.05, 0.1) is 25.5 Å². The predicted molar refractivity (Wildman–Crippen MR) is 124 cm³/mol. The van der Waals surface area contributed by atoms with E-state index in [0.29, 0.717) is 33.4 Å². The number of nitrogens with one attached hydrogen (secondary N) is 3. The Morgan fingerprint density at radius 1 is 1.03 bits per heavy atom. The molecule has 9 heteroatoms. The Balaban J connectivity index is 1.98. The van der Waals surface area contributed by atoms with Crippen molar-refractivity contribution in [3.05, 3.63) is 60.3 Å². The second kappa shape index (κ2) is 9.94. The van der Waals surface area contributed by atoms with Gasteiger partial charge in [0.2, 0.25) is 0 Å². The highest BCUT2D eigenvalue weighted by Gasteiger charge is 2.20. The van der Waals surface area contributed by atoms with Gasteiger partial charge in [-0.15, -0.1) is 0 Å². The number of benzene rings is 2. The predicted octanol–water partition coefficient (Wildman–Crippen LogP) is 3.07. The summed E-state index contributed by atoms with van der Waals surface area (Å²) in [7, 11) is 3.13. The summed E-state index contributed by atoms with van der Waals surface area (Å²) in [6.07, 6.45) is 1.68. The van der Waals surface area contributed by atoms with Crippen molar-refractivity contribution in [2.24, 2.45) is 0 Å². The molecule has 0 aliphatic carbocycles. The van der Waals surface area contributed by atoms with Crippen molar-refractivity contribution < 1.29 is 14.3 Å². The minimum atomic E-state index is -0.375. The number of aromatic nitrogens is 2. The molecular formula is C22H25N5O3S. The van der Waals surface area contributed by atoms with E-state index in [0.717, 1.165) is 5.69 Å². The number of methoxy groups -OCH3 is 2. The van der Waals surface area contributed by atoms with Crippen LogP contribution >= 0.6 is 12.2 Å². The second-order valence-electron chi connectivity index (χ2n) is 6.95. The van der Waals surface area contributed by atoms with E-state index in [1.807, 2.05) is 50.2 Å². The Labute approximate surface area is 186 Å². The SMILES string of the molecule is COc1ccc(-c2nn(-c3ccccc3)cc2C(=O)NNC(=S)NC(C)C)cc1OC. The fourth-order valence-electron chi connectivity index (χ4n) is 2.93. The first-order valence-corrected chi connectivity index (χ1v) is 10.1. The normalized spacial score (nSPS) is 10.5. The van der Waals surface area contributed by atoms with Gasteiger partial charge in [0.1, 0.15) is 5.69 Å². The summed E-state index contributed by atoms with van der Waals surface area (Å²) in [5.74, 6) is 0.757. The van der Waals surface area contributed by atoms with Crippen LogP contribution < -0.4 is 25.6 Å². The standard InChI is InChI=1S/C22H25N5O3S/c1-14(2)23-22(31)25-24-21(28)17-13-27(16-8-6-5-7-9-16)26-20(17)15-10-11-18(29-3)19(12-15)30-4/h5-14H,1-4H3,(H,24,28)(H2,23,25,31). The maximum absolute atomic E-state index is 13.0. The number of thiocarbonyl (C=S) groups is 1. The Morgan fingerprint density at radius 3 is 2.39 bits per heavy atom. The van der Waals surface area contributed by atoms with Crippen LogP contribution in [0.15, 0.2) is 54.7 Å². The van der Waals surface area contributed by atoms with Crippen molar-refractivity contribution in [3.63, 3.8) is 0 Å². The fraction of sp³-hybridized carbons (Fsp3) is 0.227. The summed E-state index contributed by atoms with van der Waals surface area (Å²) < 4.78 is 12.4. The van der Waals surface area contributed by atoms with Crippen molar-refractivity contribution in [3.8, 4) is 28.4 Å². The van der Waals surface area contributed by atoms with Crippen LogP contribution in [-0.4, -0.2) is 41.1 Å². The van der Waals surface area contributed by atoms with Crippen molar-refractivity contribution in [1.82, 2.24) is 25.9 Å². The highest BCUT2D eigenvalue weighted by molar-refractivity contribution is 7.80. The smallest absolute Gasteiger partial charge is 0.273 e. The van der Waals surface area contributed by atoms with Crippen LogP contribution in [0, 0.1) is 0 Å². The molecule has 0 radical (unpaired) electrons. The van der Waals surface area contributed by atoms with Crippen LogP contribution in [0.4, 0.5) is 0 Å². The number of nitrogens with zero attached hydrogens (tertiary/aromatic N) is 2. The van der Waals surface area contributed by atoms with Gasteiger partial charge in [0.15, 0.2) is 16.6 Å². The molecule has 0 saturated carbocycles. The van der Waals surface area contributed by atoms with E-state index in [-0.39, 0.29) is 11.9 Å². The first-order valence-electron chi connectivity index (χ1n) is 9.67. The van der Waals surface area contributed by atoms with Gasteiger partial charge in [-0.25, -0.2) is 4.68 Å². The Hall–Kier alpha value is -3.59. The van der Waals surface area contributed by atoms with E-state index < -0.39 is 0 Å². The lowest BCUT2D eigenvalue weighted by atomic mass is 10.1. The summed E-state index contributed by atoms with van der Waals surface area (Å²) in [4.78, 5) is 13.0. The molecule has 2 aromatic carbocycles. The number of ether oxygens (including phenoxy) is 2. The van der Waals surface area contributed by atoms with Crippen LogP contribution in [0.1, 0.15) is 24.2 Å². The van der Waals surface area contributed by atoms with Crippen molar-refractivity contribution in [2.75, 3.05) is 14.2 Å². The average Bonchev–Trinajstić information content (AvgIpc) is 3.22. The molecule has 1 heterocycles. The quantitative estimate of drug-likeness (QED) is 0.402. The number of hydrazine groups is 1. The topological polar surface area (TPSA) is 89.4 Å². The van der Waals surface area contributed by atoms with Crippen molar-refractivity contribution in [1.29, 1.82) is 0 Å². The molecule has 31 heavy (non-hydrogen) atoms. The summed E-state index contributed by atoms with van der Waals surface area (Å²) >= 11 is 5.18. The van der Waals surface area contributed by atoms with Gasteiger partial charge >= 0.3 is 0 Å². The molecule has 0 saturated heterocycles. The molecule has 3 rings (SSSR count). The van der Waals surface area contributed by atoms with Crippen LogP contribution in [0.2, 0.25) is 0 Å². The van der Waals surface area contributed by atoms with Crippen molar-refractivity contribution >= 4 is 23.2 Å². The van der Waals surface area contributed by atoms with Crippen molar-refractivity contribution in [2.45, 2.75) is 19.9 Å². The molecule has 162 valence electrons. The lowest BCUT2D eigenvalue weighted by Crippen LogP contribution is -2.48. The van der Waals surface area contributed by atoms with Gasteiger partial charge in [-0.3, -0.25) is 15.6 Å². The van der Waals surface area contributed by atoms with E-state index >= 15 is 0 Å². The zero-order chi connectivity index (χ0) is 22.4. The molecule has 0 fully saturated rings. The second-order valence-corrected chi connectivity index (χ2v) is 7.36. The van der Waals surface area contributed by atoms with Gasteiger partial charge in [-0.1, -0.05) is 18.2 Å². The third-order valence-corrected chi connectivity index (χ3v) is 4.57. The Morgan fingerprint density at radius 2 is 1.74 bits per heavy atom. The molecule has 0 bridgehead atoms. The number of hydrogen-bond acceptors (Lipinski definition) is 5. The third-order valence-electron chi connectivity index (χ3n) is 4.35. The molecule has 0 spiro atoms. The zero-order valence-corrected chi connectivity index (χ0v) is 18.6. The average molecular weight is 440 g/mol. The summed E-state index contributed by atoms with van der Waals surface area (Å²) in [5.41, 5.74) is 7.75. The Bertz CT molecular complexity index is 1070. The highest BCUT2D eigenvalue weighted by atomic mass is 32.1. The summed E-state index contributed by atoms with van der Waals surface area (Å²) in [6, 6.07) is 15.1. The molecule has 1 amide bonds. The van der Waals surface area contributed by atoms with E-state index in [4.69, 9.17) is 21.7 Å². The number of hydrogen-bond donors (Lipinski definition) is 3. The van der Waals surface area contributed by atoms with E-state index in [1.165, 1.54) is 0 Å². The van der Waals surface area contributed by atoms with Gasteiger partial charge in [0.25, 0.3) is 5.91 Å². The molecule has 1 aromatic heterocycles. The lowest BCUT2D eigenvalue weighted by molar-refractivity contribution is 0.0944. The van der Waals surface area contributed by atoms with Gasteiger partial charge < -0.3 is 14.8 Å². The van der Waals surface area contributed by atoms with Crippen LogP contribution in [0.25, 0.3) is 16.9 Å². The largest absolute Gasteiger partial charge is 0.493 e. The number of amides is 1. The third kappa shape index (κ3) is 5.32. The fourth-order valence-corrected chi connectivity index (χ4v) is 3.22. The minimum Gasteiger partial charge on any atom is -0.493 e. The van der Waals surface area contributed by atoms with Gasteiger partial charge in [-0.2, -0.15) is 5.10 Å². The molecule has 3 aromatic rings. The van der Waals surface area contributed by atoms with Crippen LogP contribution in [0.3, 0.4) is 0 Å². The summed E-state index contributed by atoms with van der Waals surface area (Å²) in [5, 5.41) is 8.00. The van der Waals surface area contributed by atoms with Gasteiger partial charge in [0, 0.05) is 17.8 Å². The number of rotatable bonds is 6. The molecular weight excluding hydrogens is 414 g/mol. The lowest BCUT2D eigenvalue weighted by Gasteiger charge is -2.14. The maximum atomic E-state index is 13.0. The summed E-state index contributed by atoms with van der Waals surface area (Å²) in [6.45, 7) is 3.91. The molecule has 0 unspecified atom stereocenters. The minimum absolute atomic E-state index is 0.139. The Kier molecular flexibility index (Phi) is 7.09. The monoisotopic (exact) mass is 439 g/mol. The van der Waals surface area contributed by atoms with Gasteiger partial charge in [-0.05, 0) is 56.4 Å².